The molecule has 6 aromatic carbocycles. The molecule has 0 unspecified atom stereocenters. The summed E-state index contributed by atoms with van der Waals surface area (Å²) in [5, 5.41) is 16.0. The molecular weight excluding hydrogens is 617 g/mol. The highest BCUT2D eigenvalue weighted by atomic mass is 28.3. The second-order valence-electron chi connectivity index (χ2n) is 13.6. The van der Waals surface area contributed by atoms with E-state index in [0.29, 0.717) is 11.3 Å². The molecule has 2 aliphatic rings. The molecule has 0 fully saturated rings. The van der Waals surface area contributed by atoms with Gasteiger partial charge in [-0.25, -0.2) is 4.85 Å². The van der Waals surface area contributed by atoms with Crippen molar-refractivity contribution in [1.82, 2.24) is 0 Å². The van der Waals surface area contributed by atoms with E-state index in [9.17, 15) is 5.26 Å². The Kier molecular flexibility index (Phi) is 6.78. The Morgan fingerprint density at radius 1 is 0.521 bits per heavy atom. The second-order valence-corrected chi connectivity index (χ2v) is 22.3. The van der Waals surface area contributed by atoms with Crippen LogP contribution in [0, 0.1) is 17.9 Å². The summed E-state index contributed by atoms with van der Waals surface area (Å²) in [7, 11) is -3.90. The standard InChI is InChI=1S/C42H34N4Si2/c1-44-34-25-24-31(46-37-16-8-12-20-41(37)48(4,5)42-21-13-9-17-38(42)46)27-33(34)32-26-30(23-22-29(32)28-43)45-35-14-6-10-18-39(35)47(2,3)40-19-11-7-15-36(40)45/h6-27H,2-5H3. The van der Waals surface area contributed by atoms with Gasteiger partial charge in [0.15, 0.2) is 5.69 Å². The molecule has 0 atom stereocenters. The molecule has 2 heterocycles. The van der Waals surface area contributed by atoms with Crippen LogP contribution in [0.15, 0.2) is 133 Å². The van der Waals surface area contributed by atoms with Gasteiger partial charge in [-0.3, -0.25) is 0 Å². The Morgan fingerprint density at radius 3 is 1.29 bits per heavy atom. The molecule has 0 aromatic heterocycles. The van der Waals surface area contributed by atoms with Gasteiger partial charge in [0.1, 0.15) is 16.1 Å². The van der Waals surface area contributed by atoms with Gasteiger partial charge in [0, 0.05) is 34.1 Å². The van der Waals surface area contributed by atoms with E-state index in [1.165, 1.54) is 43.5 Å². The normalized spacial score (nSPS) is 14.9. The molecule has 230 valence electrons. The number of hydrogen-bond donors (Lipinski definition) is 0. The molecule has 0 spiro atoms. The van der Waals surface area contributed by atoms with Crippen molar-refractivity contribution in [3.05, 3.63) is 150 Å². The smallest absolute Gasteiger partial charge is 0.195 e. The minimum absolute atomic E-state index is 0.522. The van der Waals surface area contributed by atoms with Crippen LogP contribution >= 0.6 is 0 Å². The molecule has 0 saturated carbocycles. The van der Waals surface area contributed by atoms with Crippen molar-refractivity contribution in [2.45, 2.75) is 26.2 Å². The van der Waals surface area contributed by atoms with Crippen LogP contribution in [0.1, 0.15) is 5.56 Å². The molecule has 0 N–H and O–H groups in total. The van der Waals surface area contributed by atoms with Gasteiger partial charge in [0.2, 0.25) is 0 Å². The zero-order chi connectivity index (χ0) is 33.2. The fraction of sp³-hybridized carbons (Fsp3) is 0.0952. The Hall–Kier alpha value is -5.67. The number of nitrogens with zero attached hydrogens (tertiary/aromatic N) is 4. The lowest BCUT2D eigenvalue weighted by atomic mass is 9.96. The van der Waals surface area contributed by atoms with Crippen LogP contribution in [0.5, 0.6) is 0 Å². The minimum atomic E-state index is -1.95. The first-order chi connectivity index (χ1) is 23.3. The zero-order valence-electron chi connectivity index (χ0n) is 27.5. The Morgan fingerprint density at radius 2 is 0.896 bits per heavy atom. The van der Waals surface area contributed by atoms with Gasteiger partial charge in [0.25, 0.3) is 0 Å². The van der Waals surface area contributed by atoms with Crippen molar-refractivity contribution in [3.63, 3.8) is 0 Å². The molecule has 0 bridgehead atoms. The third-order valence-electron chi connectivity index (χ3n) is 10.3. The van der Waals surface area contributed by atoms with E-state index in [4.69, 9.17) is 6.57 Å². The Balaban J connectivity index is 1.34. The molecule has 8 rings (SSSR count). The van der Waals surface area contributed by atoms with E-state index in [0.717, 1.165) is 22.5 Å². The van der Waals surface area contributed by atoms with Gasteiger partial charge >= 0.3 is 0 Å². The number of nitriles is 1. The molecule has 0 aliphatic carbocycles. The third kappa shape index (κ3) is 4.31. The van der Waals surface area contributed by atoms with E-state index in [1.54, 1.807) is 0 Å². The summed E-state index contributed by atoms with van der Waals surface area (Å²) in [6, 6.07) is 49.5. The molecule has 0 amide bonds. The molecule has 0 radical (unpaired) electrons. The van der Waals surface area contributed by atoms with Crippen LogP contribution in [0.4, 0.5) is 39.8 Å². The van der Waals surface area contributed by atoms with E-state index >= 15 is 0 Å². The van der Waals surface area contributed by atoms with Crippen molar-refractivity contribution in [1.29, 1.82) is 5.26 Å². The lowest BCUT2D eigenvalue weighted by Gasteiger charge is -2.41. The monoisotopic (exact) mass is 650 g/mol. The minimum Gasteiger partial charge on any atom is -0.311 e. The summed E-state index contributed by atoms with van der Waals surface area (Å²) in [4.78, 5) is 8.64. The SMILES string of the molecule is [C-]#[N+]c1ccc(N2c3ccccc3[Si](C)(C)c3ccccc32)cc1-c1cc(N2c3ccccc3[Si](C)(C)c3ccccc32)ccc1C#N. The second kappa shape index (κ2) is 11.0. The van der Waals surface area contributed by atoms with Crippen molar-refractivity contribution in [2.24, 2.45) is 0 Å². The van der Waals surface area contributed by atoms with Crippen molar-refractivity contribution >= 4 is 76.7 Å². The highest BCUT2D eigenvalue weighted by Crippen LogP contribution is 2.45. The fourth-order valence-corrected chi connectivity index (χ4v) is 13.8. The maximum Gasteiger partial charge on any atom is 0.195 e. The van der Waals surface area contributed by atoms with Crippen LogP contribution in [0.2, 0.25) is 26.2 Å². The predicted octanol–water partition coefficient (Wildman–Crippen LogP) is 8.99. The maximum atomic E-state index is 10.4. The van der Waals surface area contributed by atoms with Crippen LogP contribution < -0.4 is 30.5 Å². The highest BCUT2D eigenvalue weighted by molar-refractivity contribution is 7.03. The molecule has 0 saturated heterocycles. The molecule has 6 aromatic rings. The van der Waals surface area contributed by atoms with Crippen molar-refractivity contribution in [3.8, 4) is 17.2 Å². The fourth-order valence-electron chi connectivity index (χ4n) is 7.86. The van der Waals surface area contributed by atoms with E-state index < -0.39 is 16.1 Å². The molecule has 4 nitrogen and oxygen atoms in total. The summed E-state index contributed by atoms with van der Waals surface area (Å²) in [5.74, 6) is 0. The number of para-hydroxylation sites is 4. The van der Waals surface area contributed by atoms with Gasteiger partial charge in [-0.2, -0.15) is 5.26 Å². The average molecular weight is 651 g/mol. The quantitative estimate of drug-likeness (QED) is 0.142. The molecule has 6 heteroatoms. The topological polar surface area (TPSA) is 34.6 Å². The van der Waals surface area contributed by atoms with Crippen molar-refractivity contribution in [2.75, 3.05) is 9.80 Å². The molecular formula is C42H34N4Si2. The van der Waals surface area contributed by atoms with Gasteiger partial charge < -0.3 is 9.80 Å². The summed E-state index contributed by atoms with van der Waals surface area (Å²) >= 11 is 0. The number of hydrogen-bond acceptors (Lipinski definition) is 3. The summed E-state index contributed by atoms with van der Waals surface area (Å²) < 4.78 is 0. The summed E-state index contributed by atoms with van der Waals surface area (Å²) in [6.45, 7) is 17.8. The predicted molar refractivity (Wildman–Crippen MR) is 206 cm³/mol. The van der Waals surface area contributed by atoms with E-state index in [1.807, 2.05) is 24.3 Å². The number of benzene rings is 6. The first kappa shape index (κ1) is 29.7. The van der Waals surface area contributed by atoms with Gasteiger partial charge in [-0.15, -0.1) is 0 Å². The third-order valence-corrected chi connectivity index (χ3v) is 17.4. The molecule has 48 heavy (non-hydrogen) atoms. The summed E-state index contributed by atoms with van der Waals surface area (Å²) in [5.41, 5.74) is 9.23. The van der Waals surface area contributed by atoms with Crippen LogP contribution in [0.25, 0.3) is 16.0 Å². The Bertz CT molecular complexity index is 2100. The van der Waals surface area contributed by atoms with Crippen molar-refractivity contribution < 1.29 is 0 Å². The lowest BCUT2D eigenvalue weighted by molar-refractivity contribution is 1.28. The first-order valence-corrected chi connectivity index (χ1v) is 22.3. The van der Waals surface area contributed by atoms with Crippen LogP contribution in [0.3, 0.4) is 0 Å². The van der Waals surface area contributed by atoms with Crippen LogP contribution in [-0.4, -0.2) is 16.1 Å². The molecule has 2 aliphatic heterocycles. The number of fused-ring (bicyclic) bond motifs is 4. The van der Waals surface area contributed by atoms with Crippen LogP contribution in [-0.2, 0) is 0 Å². The number of rotatable bonds is 3. The van der Waals surface area contributed by atoms with Gasteiger partial charge in [-0.05, 0) is 86.5 Å². The maximum absolute atomic E-state index is 10.4. The van der Waals surface area contributed by atoms with E-state index in [-0.39, 0.29) is 0 Å². The number of anilines is 6. The van der Waals surface area contributed by atoms with E-state index in [2.05, 4.69) is 156 Å². The zero-order valence-corrected chi connectivity index (χ0v) is 29.5. The summed E-state index contributed by atoms with van der Waals surface area (Å²) in [6.07, 6.45) is 0. The average Bonchev–Trinajstić information content (AvgIpc) is 3.12. The van der Waals surface area contributed by atoms with Gasteiger partial charge in [0.05, 0.1) is 18.2 Å². The highest BCUT2D eigenvalue weighted by Gasteiger charge is 2.39. The first-order valence-electron chi connectivity index (χ1n) is 16.3. The van der Waals surface area contributed by atoms with Gasteiger partial charge in [-0.1, -0.05) is 105 Å². The Labute approximate surface area is 284 Å². The largest absolute Gasteiger partial charge is 0.311 e. The lowest BCUT2D eigenvalue weighted by Crippen LogP contribution is -2.58.